The molecule has 1 aromatic heterocycles. The second-order valence-corrected chi connectivity index (χ2v) is 7.66. The number of benzene rings is 1. The highest BCUT2D eigenvalue weighted by molar-refractivity contribution is 6.37. The molecule has 2 unspecified atom stereocenters. The molecule has 1 saturated heterocycles. The predicted octanol–water partition coefficient (Wildman–Crippen LogP) is 5.29. The number of amides is 1. The Balaban J connectivity index is 1.75. The number of hydrogen-bond donors (Lipinski definition) is 0. The van der Waals surface area contributed by atoms with E-state index in [-0.39, 0.29) is 24.6 Å². The predicted molar refractivity (Wildman–Crippen MR) is 104 cm³/mol. The van der Waals surface area contributed by atoms with Gasteiger partial charge in [0.25, 0.3) is 5.91 Å². The number of likely N-dealkylation sites (tertiary alicyclic amines) is 1. The van der Waals surface area contributed by atoms with E-state index in [0.29, 0.717) is 27.2 Å². The first-order valence-corrected chi connectivity index (χ1v) is 9.49. The zero-order valence-corrected chi connectivity index (χ0v) is 16.6. The number of carbonyl (C=O) groups is 1. The van der Waals surface area contributed by atoms with Crippen molar-refractivity contribution >= 4 is 29.1 Å². The fraction of sp³-hybridized carbons (Fsp3) is 0.400. The van der Waals surface area contributed by atoms with E-state index in [2.05, 4.69) is 18.8 Å². The third-order valence-electron chi connectivity index (χ3n) is 4.72. The van der Waals surface area contributed by atoms with Gasteiger partial charge < -0.3 is 9.64 Å². The summed E-state index contributed by atoms with van der Waals surface area (Å²) in [4.78, 5) is 19.2. The van der Waals surface area contributed by atoms with E-state index < -0.39 is 0 Å². The lowest BCUT2D eigenvalue weighted by atomic mass is 10.2. The maximum absolute atomic E-state index is 12.8. The van der Waals surface area contributed by atoms with Gasteiger partial charge in [0, 0.05) is 12.1 Å². The number of carbonyl (C=O) groups excluding carboxylic acids is 1. The number of pyridine rings is 1. The Hall–Kier alpha value is -1.78. The molecule has 26 heavy (non-hydrogen) atoms. The van der Waals surface area contributed by atoms with Crippen LogP contribution in [0.25, 0.3) is 0 Å². The number of rotatable bonds is 4. The fourth-order valence-electron chi connectivity index (χ4n) is 3.38. The molecule has 0 bridgehead atoms. The highest BCUT2D eigenvalue weighted by Gasteiger charge is 2.32. The normalized spacial score (nSPS) is 19.7. The molecule has 2 atom stereocenters. The van der Waals surface area contributed by atoms with Crippen molar-refractivity contribution in [3.05, 3.63) is 57.3 Å². The van der Waals surface area contributed by atoms with Crippen LogP contribution in [0.3, 0.4) is 0 Å². The zero-order chi connectivity index (χ0) is 18.8. The van der Waals surface area contributed by atoms with E-state index in [9.17, 15) is 4.79 Å². The van der Waals surface area contributed by atoms with Crippen molar-refractivity contribution in [3.8, 4) is 5.75 Å². The third kappa shape index (κ3) is 3.97. The molecule has 0 saturated carbocycles. The number of ether oxygens (including phenoxy) is 1. The summed E-state index contributed by atoms with van der Waals surface area (Å²) in [6.07, 6.45) is 2.06. The van der Waals surface area contributed by atoms with E-state index in [1.54, 1.807) is 18.2 Å². The Morgan fingerprint density at radius 1 is 1.19 bits per heavy atom. The third-order valence-corrected chi connectivity index (χ3v) is 5.28. The minimum Gasteiger partial charge on any atom is -0.484 e. The number of aromatic nitrogens is 1. The summed E-state index contributed by atoms with van der Waals surface area (Å²) in [6.45, 7) is 6.26. The van der Waals surface area contributed by atoms with E-state index >= 15 is 0 Å². The molecule has 6 heteroatoms. The van der Waals surface area contributed by atoms with Crippen molar-refractivity contribution in [3.63, 3.8) is 0 Å². The minimum absolute atomic E-state index is 0.0317. The van der Waals surface area contributed by atoms with Crippen molar-refractivity contribution in [1.29, 1.82) is 0 Å². The SMILES string of the molecule is Cc1cc(Cl)c(OCc2cccc(C(=O)N3C(C)CCC3C)n2)c(Cl)c1. The first kappa shape index (κ1) is 19.0. The van der Waals surface area contributed by atoms with Crippen LogP contribution in [0.5, 0.6) is 5.75 Å². The lowest BCUT2D eigenvalue weighted by Gasteiger charge is -2.26. The Kier molecular flexibility index (Phi) is 5.73. The Bertz CT molecular complexity index is 792. The van der Waals surface area contributed by atoms with E-state index in [0.717, 1.165) is 18.4 Å². The molecule has 0 N–H and O–H groups in total. The van der Waals surface area contributed by atoms with Gasteiger partial charge in [-0.25, -0.2) is 4.98 Å². The highest BCUT2D eigenvalue weighted by Crippen LogP contribution is 2.34. The highest BCUT2D eigenvalue weighted by atomic mass is 35.5. The fourth-order valence-corrected chi connectivity index (χ4v) is 4.08. The molecule has 1 aliphatic rings. The Labute approximate surface area is 164 Å². The van der Waals surface area contributed by atoms with Crippen LogP contribution in [0, 0.1) is 6.92 Å². The van der Waals surface area contributed by atoms with Gasteiger partial charge >= 0.3 is 0 Å². The van der Waals surface area contributed by atoms with Gasteiger partial charge in [0.15, 0.2) is 5.75 Å². The number of nitrogens with zero attached hydrogens (tertiary/aromatic N) is 2. The number of halogens is 2. The zero-order valence-electron chi connectivity index (χ0n) is 15.1. The number of aryl methyl sites for hydroxylation is 1. The van der Waals surface area contributed by atoms with Crippen molar-refractivity contribution in [2.24, 2.45) is 0 Å². The molecular formula is C20H22Cl2N2O2. The monoisotopic (exact) mass is 392 g/mol. The van der Waals surface area contributed by atoms with Gasteiger partial charge in [-0.05, 0) is 63.4 Å². The maximum Gasteiger partial charge on any atom is 0.272 e. The van der Waals surface area contributed by atoms with Gasteiger partial charge in [-0.2, -0.15) is 0 Å². The van der Waals surface area contributed by atoms with Gasteiger partial charge in [-0.15, -0.1) is 0 Å². The topological polar surface area (TPSA) is 42.4 Å². The molecule has 4 nitrogen and oxygen atoms in total. The Morgan fingerprint density at radius 2 is 1.81 bits per heavy atom. The second-order valence-electron chi connectivity index (χ2n) is 6.85. The smallest absolute Gasteiger partial charge is 0.272 e. The molecule has 0 radical (unpaired) electrons. The van der Waals surface area contributed by atoms with Crippen LogP contribution in [-0.4, -0.2) is 27.9 Å². The molecular weight excluding hydrogens is 371 g/mol. The summed E-state index contributed by atoms with van der Waals surface area (Å²) in [5, 5.41) is 0.920. The van der Waals surface area contributed by atoms with Crippen LogP contribution in [0.4, 0.5) is 0 Å². The van der Waals surface area contributed by atoms with Gasteiger partial charge in [0.05, 0.1) is 15.7 Å². The van der Waals surface area contributed by atoms with Crippen molar-refractivity contribution in [2.45, 2.75) is 52.3 Å². The summed E-state index contributed by atoms with van der Waals surface area (Å²) >= 11 is 12.4. The molecule has 138 valence electrons. The van der Waals surface area contributed by atoms with E-state index in [4.69, 9.17) is 27.9 Å². The first-order chi connectivity index (χ1) is 12.4. The molecule has 0 spiro atoms. The van der Waals surface area contributed by atoms with Gasteiger partial charge in [0.1, 0.15) is 12.3 Å². The average Bonchev–Trinajstić information content (AvgIpc) is 2.92. The summed E-state index contributed by atoms with van der Waals surface area (Å²) < 4.78 is 5.76. The molecule has 1 aromatic carbocycles. The summed E-state index contributed by atoms with van der Waals surface area (Å²) in [5.74, 6) is 0.398. The molecule has 1 aliphatic heterocycles. The second kappa shape index (κ2) is 7.85. The van der Waals surface area contributed by atoms with Crippen molar-refractivity contribution in [1.82, 2.24) is 9.88 Å². The van der Waals surface area contributed by atoms with Crippen LogP contribution < -0.4 is 4.74 Å². The maximum atomic E-state index is 12.8. The summed E-state index contributed by atoms with van der Waals surface area (Å²) in [7, 11) is 0. The molecule has 3 rings (SSSR count). The molecule has 2 heterocycles. The largest absolute Gasteiger partial charge is 0.484 e. The lowest BCUT2D eigenvalue weighted by molar-refractivity contribution is 0.0686. The standard InChI is InChI=1S/C20H22Cl2N2O2/c1-12-9-16(21)19(17(22)10-12)26-11-15-5-4-6-18(23-15)20(25)24-13(2)7-8-14(24)3/h4-6,9-10,13-14H,7-8,11H2,1-3H3. The molecule has 0 aliphatic carbocycles. The van der Waals surface area contributed by atoms with Crippen LogP contribution in [0.1, 0.15) is 48.4 Å². The van der Waals surface area contributed by atoms with Gasteiger partial charge in [-0.1, -0.05) is 29.3 Å². The molecule has 1 fully saturated rings. The van der Waals surface area contributed by atoms with Gasteiger partial charge in [-0.3, -0.25) is 4.79 Å². The summed E-state index contributed by atoms with van der Waals surface area (Å²) in [6, 6.07) is 9.47. The van der Waals surface area contributed by atoms with Gasteiger partial charge in [0.2, 0.25) is 0 Å². The number of hydrogen-bond acceptors (Lipinski definition) is 3. The van der Waals surface area contributed by atoms with Crippen molar-refractivity contribution < 1.29 is 9.53 Å². The van der Waals surface area contributed by atoms with Crippen LogP contribution in [0.15, 0.2) is 30.3 Å². The quantitative estimate of drug-likeness (QED) is 0.709. The summed E-state index contributed by atoms with van der Waals surface area (Å²) in [5.41, 5.74) is 2.06. The van der Waals surface area contributed by atoms with Crippen LogP contribution >= 0.6 is 23.2 Å². The minimum atomic E-state index is -0.0317. The molecule has 1 amide bonds. The lowest BCUT2D eigenvalue weighted by Crippen LogP contribution is -2.39. The molecule has 2 aromatic rings. The van der Waals surface area contributed by atoms with Crippen molar-refractivity contribution in [2.75, 3.05) is 0 Å². The Morgan fingerprint density at radius 3 is 2.42 bits per heavy atom. The first-order valence-electron chi connectivity index (χ1n) is 8.74. The average molecular weight is 393 g/mol. The van der Waals surface area contributed by atoms with E-state index in [1.807, 2.05) is 24.0 Å². The van der Waals surface area contributed by atoms with Crippen LogP contribution in [-0.2, 0) is 6.61 Å². The van der Waals surface area contributed by atoms with E-state index in [1.165, 1.54) is 0 Å². The van der Waals surface area contributed by atoms with Crippen LogP contribution in [0.2, 0.25) is 10.0 Å².